The van der Waals surface area contributed by atoms with Crippen molar-refractivity contribution in [1.29, 1.82) is 0 Å². The van der Waals surface area contributed by atoms with Crippen molar-refractivity contribution < 1.29 is 13.5 Å². The topological polar surface area (TPSA) is 22.1 Å². The zero-order valence-electron chi connectivity index (χ0n) is 9.42. The number of pyridine rings is 1. The van der Waals surface area contributed by atoms with E-state index in [1.165, 1.54) is 6.07 Å². The molecular formula is C13H10ClF2NO. The normalized spacial score (nSPS) is 14.2. The van der Waals surface area contributed by atoms with Crippen molar-refractivity contribution in [3.8, 4) is 5.75 Å². The van der Waals surface area contributed by atoms with E-state index >= 15 is 0 Å². The summed E-state index contributed by atoms with van der Waals surface area (Å²) in [5.74, 6) is 0.0825. The van der Waals surface area contributed by atoms with E-state index in [0.29, 0.717) is 15.9 Å². The highest BCUT2D eigenvalue weighted by Gasteiger charge is 2.20. The number of hydrogen-bond acceptors (Lipinski definition) is 2. The first-order valence-corrected chi connectivity index (χ1v) is 6.09. The maximum atomic E-state index is 12.3. The summed E-state index contributed by atoms with van der Waals surface area (Å²) in [6, 6.07) is 4.91. The standard InChI is InChI=1S/C13H10ClF2NO/c14-11-7-3-1-5-9(7)17-12-8(11)4-2-6-10(12)18-13(15)16/h2,4,6,13H,1,3,5H2. The summed E-state index contributed by atoms with van der Waals surface area (Å²) in [5.41, 5.74) is 2.36. The Morgan fingerprint density at radius 2 is 2.11 bits per heavy atom. The van der Waals surface area contributed by atoms with E-state index in [1.807, 2.05) is 0 Å². The Balaban J connectivity index is 2.25. The van der Waals surface area contributed by atoms with Gasteiger partial charge in [0.25, 0.3) is 0 Å². The molecule has 1 aromatic carbocycles. The molecule has 0 spiro atoms. The number of para-hydroxylation sites is 1. The van der Waals surface area contributed by atoms with Crippen LogP contribution in [-0.4, -0.2) is 11.6 Å². The van der Waals surface area contributed by atoms with Crippen LogP contribution in [0.5, 0.6) is 5.75 Å². The maximum absolute atomic E-state index is 12.3. The van der Waals surface area contributed by atoms with Gasteiger partial charge in [-0.05, 0) is 30.9 Å². The lowest BCUT2D eigenvalue weighted by Crippen LogP contribution is -2.03. The van der Waals surface area contributed by atoms with Gasteiger partial charge in [-0.3, -0.25) is 0 Å². The Bertz CT molecular complexity index is 615. The molecule has 18 heavy (non-hydrogen) atoms. The molecule has 2 aromatic rings. The first-order chi connectivity index (χ1) is 8.66. The van der Waals surface area contributed by atoms with Crippen molar-refractivity contribution in [2.45, 2.75) is 25.9 Å². The number of benzene rings is 1. The highest BCUT2D eigenvalue weighted by atomic mass is 35.5. The maximum Gasteiger partial charge on any atom is 0.387 e. The van der Waals surface area contributed by atoms with Crippen LogP contribution in [-0.2, 0) is 12.8 Å². The summed E-state index contributed by atoms with van der Waals surface area (Å²) in [6.45, 7) is -2.86. The third-order valence-corrected chi connectivity index (χ3v) is 3.58. The molecule has 0 saturated heterocycles. The van der Waals surface area contributed by atoms with Crippen molar-refractivity contribution in [2.24, 2.45) is 0 Å². The van der Waals surface area contributed by atoms with Gasteiger partial charge in [-0.15, -0.1) is 0 Å². The molecule has 94 valence electrons. The van der Waals surface area contributed by atoms with Crippen LogP contribution in [0.3, 0.4) is 0 Å². The number of ether oxygens (including phenoxy) is 1. The largest absolute Gasteiger partial charge is 0.432 e. The Morgan fingerprint density at radius 3 is 2.89 bits per heavy atom. The second kappa shape index (κ2) is 4.35. The fraction of sp³-hybridized carbons (Fsp3) is 0.308. The summed E-state index contributed by atoms with van der Waals surface area (Å²) < 4.78 is 29.2. The number of alkyl halides is 2. The van der Waals surface area contributed by atoms with Crippen LogP contribution in [0, 0.1) is 0 Å². The van der Waals surface area contributed by atoms with E-state index in [0.717, 1.165) is 30.5 Å². The smallest absolute Gasteiger partial charge is 0.387 e. The third kappa shape index (κ3) is 1.81. The minimum Gasteiger partial charge on any atom is -0.432 e. The highest BCUT2D eigenvalue weighted by Crippen LogP contribution is 2.36. The van der Waals surface area contributed by atoms with Crippen molar-refractivity contribution in [3.63, 3.8) is 0 Å². The first kappa shape index (κ1) is 11.7. The van der Waals surface area contributed by atoms with Crippen molar-refractivity contribution >= 4 is 22.5 Å². The van der Waals surface area contributed by atoms with Crippen molar-refractivity contribution in [3.05, 3.63) is 34.5 Å². The third-order valence-electron chi connectivity index (χ3n) is 3.15. The van der Waals surface area contributed by atoms with E-state index < -0.39 is 6.61 Å². The van der Waals surface area contributed by atoms with Crippen molar-refractivity contribution in [1.82, 2.24) is 4.98 Å². The molecule has 2 nitrogen and oxygen atoms in total. The molecule has 0 fully saturated rings. The Labute approximate surface area is 108 Å². The lowest BCUT2D eigenvalue weighted by molar-refractivity contribution is -0.0489. The molecule has 0 saturated carbocycles. The van der Waals surface area contributed by atoms with Crippen LogP contribution < -0.4 is 4.74 Å². The highest BCUT2D eigenvalue weighted by molar-refractivity contribution is 6.36. The van der Waals surface area contributed by atoms with E-state index in [1.54, 1.807) is 12.1 Å². The summed E-state index contributed by atoms with van der Waals surface area (Å²) >= 11 is 6.31. The molecule has 0 N–H and O–H groups in total. The van der Waals surface area contributed by atoms with Gasteiger partial charge in [-0.25, -0.2) is 4.98 Å². The predicted octanol–water partition coefficient (Wildman–Crippen LogP) is 3.98. The van der Waals surface area contributed by atoms with E-state index in [4.69, 9.17) is 11.6 Å². The molecule has 0 aliphatic heterocycles. The fourth-order valence-electron chi connectivity index (χ4n) is 2.39. The number of aromatic nitrogens is 1. The van der Waals surface area contributed by atoms with Gasteiger partial charge in [0, 0.05) is 11.1 Å². The van der Waals surface area contributed by atoms with E-state index in [9.17, 15) is 8.78 Å². The van der Waals surface area contributed by atoms with Crippen LogP contribution in [0.15, 0.2) is 18.2 Å². The Morgan fingerprint density at radius 1 is 1.28 bits per heavy atom. The molecule has 1 aliphatic carbocycles. The molecule has 0 bridgehead atoms. The summed E-state index contributed by atoms with van der Waals surface area (Å²) in [5, 5.41) is 1.29. The number of hydrogen-bond donors (Lipinski definition) is 0. The van der Waals surface area contributed by atoms with Gasteiger partial charge in [0.05, 0.1) is 5.02 Å². The molecular weight excluding hydrogens is 260 g/mol. The van der Waals surface area contributed by atoms with Crippen molar-refractivity contribution in [2.75, 3.05) is 0 Å². The fourth-order valence-corrected chi connectivity index (χ4v) is 2.75. The van der Waals surface area contributed by atoms with E-state index in [-0.39, 0.29) is 5.75 Å². The molecule has 5 heteroatoms. The van der Waals surface area contributed by atoms with Crippen LogP contribution in [0.1, 0.15) is 17.7 Å². The quantitative estimate of drug-likeness (QED) is 0.823. The second-order valence-electron chi connectivity index (χ2n) is 4.24. The van der Waals surface area contributed by atoms with Gasteiger partial charge in [-0.2, -0.15) is 8.78 Å². The zero-order valence-corrected chi connectivity index (χ0v) is 10.2. The molecule has 1 heterocycles. The SMILES string of the molecule is FC(F)Oc1cccc2c(Cl)c3c(nc12)CCC3. The lowest BCUT2D eigenvalue weighted by atomic mass is 10.1. The number of aryl methyl sites for hydroxylation is 1. The molecule has 3 rings (SSSR count). The Kier molecular flexibility index (Phi) is 2.82. The van der Waals surface area contributed by atoms with Gasteiger partial charge < -0.3 is 4.74 Å². The minimum atomic E-state index is -2.86. The van der Waals surface area contributed by atoms with Gasteiger partial charge in [0.1, 0.15) is 5.52 Å². The molecule has 0 radical (unpaired) electrons. The number of fused-ring (bicyclic) bond motifs is 2. The molecule has 0 atom stereocenters. The summed E-state index contributed by atoms with van der Waals surface area (Å²) in [7, 11) is 0. The molecule has 0 unspecified atom stereocenters. The predicted molar refractivity (Wildman–Crippen MR) is 65.4 cm³/mol. The van der Waals surface area contributed by atoms with Crippen LogP contribution in [0.4, 0.5) is 8.78 Å². The van der Waals surface area contributed by atoms with Crippen LogP contribution >= 0.6 is 11.6 Å². The zero-order chi connectivity index (χ0) is 12.7. The average Bonchev–Trinajstić information content (AvgIpc) is 2.78. The van der Waals surface area contributed by atoms with Gasteiger partial charge in [0.2, 0.25) is 0 Å². The van der Waals surface area contributed by atoms with Crippen LogP contribution in [0.2, 0.25) is 5.02 Å². The summed E-state index contributed by atoms with van der Waals surface area (Å²) in [6.07, 6.45) is 2.74. The molecule has 0 amide bonds. The molecule has 1 aliphatic rings. The lowest BCUT2D eigenvalue weighted by Gasteiger charge is -2.11. The second-order valence-corrected chi connectivity index (χ2v) is 4.61. The Hall–Kier alpha value is -1.42. The van der Waals surface area contributed by atoms with Gasteiger partial charge >= 0.3 is 6.61 Å². The van der Waals surface area contributed by atoms with Gasteiger partial charge in [-0.1, -0.05) is 23.7 Å². The van der Waals surface area contributed by atoms with Gasteiger partial charge in [0.15, 0.2) is 5.75 Å². The number of nitrogens with zero attached hydrogens (tertiary/aromatic N) is 1. The van der Waals surface area contributed by atoms with E-state index in [2.05, 4.69) is 9.72 Å². The minimum absolute atomic E-state index is 0.0825. The first-order valence-electron chi connectivity index (χ1n) is 5.71. The summed E-state index contributed by atoms with van der Waals surface area (Å²) in [4.78, 5) is 4.43. The van der Waals surface area contributed by atoms with Crippen LogP contribution in [0.25, 0.3) is 10.9 Å². The number of rotatable bonds is 2. The number of halogens is 3. The average molecular weight is 270 g/mol. The monoisotopic (exact) mass is 269 g/mol. The molecule has 1 aromatic heterocycles.